The van der Waals surface area contributed by atoms with E-state index in [-0.39, 0.29) is 6.61 Å². The number of rotatable bonds is 8. The summed E-state index contributed by atoms with van der Waals surface area (Å²) in [6, 6.07) is 24.7. The van der Waals surface area contributed by atoms with Gasteiger partial charge in [0.2, 0.25) is 5.89 Å². The van der Waals surface area contributed by atoms with Gasteiger partial charge in [-0.05, 0) is 42.3 Å². The second-order valence-electron chi connectivity index (χ2n) is 8.31. The number of oxazole rings is 1. The molecule has 1 heterocycles. The van der Waals surface area contributed by atoms with Crippen LogP contribution in [0.5, 0.6) is 5.75 Å². The summed E-state index contributed by atoms with van der Waals surface area (Å²) in [6.07, 6.45) is 0.328. The first-order valence-electron chi connectivity index (χ1n) is 11.3. The smallest absolute Gasteiger partial charge is 0.311 e. The molecule has 0 radical (unpaired) electrons. The summed E-state index contributed by atoms with van der Waals surface area (Å²) >= 11 is 0. The molecule has 0 aliphatic heterocycles. The molecule has 0 spiro atoms. The van der Waals surface area contributed by atoms with Gasteiger partial charge in [-0.25, -0.2) is 4.98 Å². The van der Waals surface area contributed by atoms with Gasteiger partial charge in [0.05, 0.1) is 11.6 Å². The van der Waals surface area contributed by atoms with Gasteiger partial charge in [-0.2, -0.15) is 0 Å². The number of aryl methyl sites for hydroxylation is 1. The lowest BCUT2D eigenvalue weighted by Crippen LogP contribution is -2.08. The maximum atomic E-state index is 11.5. The fraction of sp³-hybridized carbons (Fsp3) is 0.179. The molecular formula is C28H24N2O5. The molecule has 7 heteroatoms. The fourth-order valence-electron chi connectivity index (χ4n) is 4.07. The van der Waals surface area contributed by atoms with Crippen molar-refractivity contribution in [2.45, 2.75) is 32.5 Å². The van der Waals surface area contributed by atoms with Crippen LogP contribution in [-0.2, 0) is 22.8 Å². The third-order valence-electron chi connectivity index (χ3n) is 5.96. The van der Waals surface area contributed by atoms with Crippen molar-refractivity contribution in [3.63, 3.8) is 0 Å². The maximum Gasteiger partial charge on any atom is 0.311 e. The van der Waals surface area contributed by atoms with Crippen LogP contribution in [0.2, 0.25) is 0 Å². The number of aliphatic carboxylic acids is 1. The largest absolute Gasteiger partial charge is 0.487 e. The van der Waals surface area contributed by atoms with Crippen molar-refractivity contribution in [1.82, 2.24) is 4.98 Å². The zero-order chi connectivity index (χ0) is 24.2. The first kappa shape index (κ1) is 22.4. The molecule has 0 amide bonds. The van der Waals surface area contributed by atoms with Crippen molar-refractivity contribution < 1.29 is 23.9 Å². The van der Waals surface area contributed by atoms with Gasteiger partial charge in [0.25, 0.3) is 0 Å². The second kappa shape index (κ2) is 9.85. The number of fused-ring (bicyclic) bond motifs is 1. The number of ether oxygens (including phenoxy) is 1. The Hall–Kier alpha value is -4.39. The van der Waals surface area contributed by atoms with Gasteiger partial charge < -0.3 is 19.1 Å². The number of hydrogen-bond acceptors (Lipinski definition) is 6. The summed E-state index contributed by atoms with van der Waals surface area (Å²) in [5.74, 6) is 0.581. The SMILES string of the molecule is Cc1oc(-c2ccccc2)nc1COc1ccc(CO/N=C2/CC(C(=O)O)c3ccccc32)cc1. The van der Waals surface area contributed by atoms with Crippen LogP contribution in [0.15, 0.2) is 88.4 Å². The van der Waals surface area contributed by atoms with E-state index in [0.29, 0.717) is 30.4 Å². The highest BCUT2D eigenvalue weighted by atomic mass is 16.6. The molecule has 1 aliphatic carbocycles. The highest BCUT2D eigenvalue weighted by Crippen LogP contribution is 2.33. The molecule has 176 valence electrons. The molecule has 1 aromatic heterocycles. The molecule has 0 bridgehead atoms. The van der Waals surface area contributed by atoms with E-state index in [1.165, 1.54) is 0 Å². The summed E-state index contributed by atoms with van der Waals surface area (Å²) in [5, 5.41) is 13.7. The minimum atomic E-state index is -0.852. The van der Waals surface area contributed by atoms with E-state index in [0.717, 1.165) is 33.7 Å². The first-order valence-corrected chi connectivity index (χ1v) is 11.3. The molecule has 0 saturated heterocycles. The van der Waals surface area contributed by atoms with Crippen molar-refractivity contribution >= 4 is 11.7 Å². The van der Waals surface area contributed by atoms with Crippen LogP contribution in [0.1, 0.15) is 40.5 Å². The second-order valence-corrected chi connectivity index (χ2v) is 8.31. The van der Waals surface area contributed by atoms with Crippen LogP contribution in [0.25, 0.3) is 11.5 Å². The van der Waals surface area contributed by atoms with E-state index in [9.17, 15) is 9.90 Å². The van der Waals surface area contributed by atoms with Crippen molar-refractivity contribution in [1.29, 1.82) is 0 Å². The van der Waals surface area contributed by atoms with E-state index in [4.69, 9.17) is 14.0 Å². The predicted molar refractivity (Wildman–Crippen MR) is 130 cm³/mol. The van der Waals surface area contributed by atoms with Crippen LogP contribution in [0.4, 0.5) is 0 Å². The van der Waals surface area contributed by atoms with Crippen LogP contribution in [0.3, 0.4) is 0 Å². The molecule has 7 nitrogen and oxygen atoms in total. The van der Waals surface area contributed by atoms with Crippen molar-refractivity contribution in [3.8, 4) is 17.2 Å². The third-order valence-corrected chi connectivity index (χ3v) is 5.96. The Balaban J connectivity index is 1.17. The van der Waals surface area contributed by atoms with E-state index in [1.54, 1.807) is 0 Å². The van der Waals surface area contributed by atoms with Crippen molar-refractivity contribution in [3.05, 3.63) is 107 Å². The minimum absolute atomic E-state index is 0.270. The standard InChI is InChI=1S/C28H24N2O5/c1-18-26(29-27(35-18)20-7-3-2-4-8-20)17-33-21-13-11-19(12-14-21)16-34-30-25-15-24(28(31)32)22-9-5-6-10-23(22)25/h2-14,24H,15-17H2,1H3,(H,31,32)/b30-25-. The summed E-state index contributed by atoms with van der Waals surface area (Å²) in [7, 11) is 0. The van der Waals surface area contributed by atoms with Gasteiger partial charge in [0, 0.05) is 17.5 Å². The number of aromatic nitrogens is 1. The molecule has 0 fully saturated rings. The zero-order valence-corrected chi connectivity index (χ0v) is 19.2. The van der Waals surface area contributed by atoms with Crippen LogP contribution in [0, 0.1) is 6.92 Å². The Labute approximate surface area is 202 Å². The minimum Gasteiger partial charge on any atom is -0.487 e. The lowest BCUT2D eigenvalue weighted by atomic mass is 10.0. The summed E-state index contributed by atoms with van der Waals surface area (Å²) < 4.78 is 11.7. The molecule has 1 unspecified atom stereocenters. The molecule has 1 N–H and O–H groups in total. The lowest BCUT2D eigenvalue weighted by molar-refractivity contribution is -0.138. The number of benzene rings is 3. The van der Waals surface area contributed by atoms with Crippen LogP contribution in [-0.4, -0.2) is 21.8 Å². The summed E-state index contributed by atoms with van der Waals surface area (Å²) in [6.45, 7) is 2.45. The lowest BCUT2D eigenvalue weighted by Gasteiger charge is -2.06. The van der Waals surface area contributed by atoms with Crippen molar-refractivity contribution in [2.75, 3.05) is 0 Å². The molecule has 0 saturated carbocycles. The molecule has 5 rings (SSSR count). The molecule has 35 heavy (non-hydrogen) atoms. The molecule has 3 aromatic carbocycles. The monoisotopic (exact) mass is 468 g/mol. The molecule has 4 aromatic rings. The zero-order valence-electron chi connectivity index (χ0n) is 19.2. The summed E-state index contributed by atoms with van der Waals surface area (Å²) in [4.78, 5) is 21.7. The Bertz CT molecular complexity index is 1360. The van der Waals surface area contributed by atoms with Gasteiger partial charge in [-0.3, -0.25) is 4.79 Å². The van der Waals surface area contributed by atoms with Crippen LogP contribution >= 0.6 is 0 Å². The molecule has 1 aliphatic rings. The topological polar surface area (TPSA) is 94.2 Å². The summed E-state index contributed by atoms with van der Waals surface area (Å²) in [5.41, 5.74) is 4.87. The first-order chi connectivity index (χ1) is 17.1. The highest BCUT2D eigenvalue weighted by molar-refractivity contribution is 6.08. The van der Waals surface area contributed by atoms with E-state index >= 15 is 0 Å². The maximum absolute atomic E-state index is 11.5. The number of carboxylic acid groups (broad SMARTS) is 1. The number of oxime groups is 1. The number of carbonyl (C=O) groups is 1. The van der Waals surface area contributed by atoms with Gasteiger partial charge in [-0.1, -0.05) is 59.8 Å². The average Bonchev–Trinajstić information content (AvgIpc) is 3.45. The van der Waals surface area contributed by atoms with E-state index < -0.39 is 11.9 Å². The Morgan fingerprint density at radius 1 is 1.03 bits per heavy atom. The fourth-order valence-corrected chi connectivity index (χ4v) is 4.07. The number of hydrogen-bond donors (Lipinski definition) is 1. The van der Waals surface area contributed by atoms with Gasteiger partial charge in [0.15, 0.2) is 0 Å². The Kier molecular flexibility index (Phi) is 6.30. The molecular weight excluding hydrogens is 444 g/mol. The molecule has 1 atom stereocenters. The van der Waals surface area contributed by atoms with Gasteiger partial charge in [-0.15, -0.1) is 0 Å². The normalized spacial score (nSPS) is 15.7. The third kappa shape index (κ3) is 4.94. The Morgan fingerprint density at radius 2 is 1.77 bits per heavy atom. The van der Waals surface area contributed by atoms with Crippen molar-refractivity contribution in [2.24, 2.45) is 5.16 Å². The van der Waals surface area contributed by atoms with E-state index in [2.05, 4.69) is 10.1 Å². The van der Waals surface area contributed by atoms with Gasteiger partial charge >= 0.3 is 5.97 Å². The Morgan fingerprint density at radius 3 is 2.54 bits per heavy atom. The quantitative estimate of drug-likeness (QED) is 0.332. The van der Waals surface area contributed by atoms with Crippen LogP contribution < -0.4 is 4.74 Å². The highest BCUT2D eigenvalue weighted by Gasteiger charge is 2.33. The average molecular weight is 469 g/mol. The number of nitrogens with zero attached hydrogens (tertiary/aromatic N) is 2. The number of carboxylic acids is 1. The predicted octanol–water partition coefficient (Wildman–Crippen LogP) is 5.72. The van der Waals surface area contributed by atoms with Gasteiger partial charge in [0.1, 0.15) is 30.4 Å². The van der Waals surface area contributed by atoms with E-state index in [1.807, 2.05) is 85.8 Å².